The molecule has 0 amide bonds. The molecular formula is C13H19N. The van der Waals surface area contributed by atoms with E-state index in [9.17, 15) is 0 Å². The van der Waals surface area contributed by atoms with Crippen molar-refractivity contribution in [3.63, 3.8) is 0 Å². The molecule has 2 rings (SSSR count). The van der Waals surface area contributed by atoms with Gasteiger partial charge in [-0.3, -0.25) is 0 Å². The van der Waals surface area contributed by atoms with Gasteiger partial charge in [-0.2, -0.15) is 0 Å². The lowest BCUT2D eigenvalue weighted by atomic mass is 9.78. The molecule has 1 unspecified atom stereocenters. The highest BCUT2D eigenvalue weighted by atomic mass is 15.1. The summed E-state index contributed by atoms with van der Waals surface area (Å²) in [6, 6.07) is 8.77. The summed E-state index contributed by atoms with van der Waals surface area (Å²) in [6.45, 7) is 8.14. The van der Waals surface area contributed by atoms with E-state index in [0.717, 1.165) is 6.54 Å². The summed E-state index contributed by atoms with van der Waals surface area (Å²) >= 11 is 0. The Balaban J connectivity index is 2.44. The van der Waals surface area contributed by atoms with Crippen LogP contribution >= 0.6 is 0 Å². The smallest absolute Gasteiger partial charge is 0.0400 e. The molecule has 0 spiro atoms. The summed E-state index contributed by atoms with van der Waals surface area (Å²) in [5.74, 6) is 0.670. The monoisotopic (exact) mass is 189 g/mol. The summed E-state index contributed by atoms with van der Waals surface area (Å²) in [7, 11) is 2.19. The molecule has 14 heavy (non-hydrogen) atoms. The van der Waals surface area contributed by atoms with Crippen molar-refractivity contribution in [1.82, 2.24) is 0 Å². The molecule has 0 N–H and O–H groups in total. The minimum Gasteiger partial charge on any atom is -0.374 e. The summed E-state index contributed by atoms with van der Waals surface area (Å²) in [6.07, 6.45) is 0. The molecule has 0 fully saturated rings. The fraction of sp³-hybridized carbons (Fsp3) is 0.538. The van der Waals surface area contributed by atoms with Gasteiger partial charge >= 0.3 is 0 Å². The highest BCUT2D eigenvalue weighted by Gasteiger charge is 2.34. The lowest BCUT2D eigenvalue weighted by molar-refractivity contribution is 0.334. The van der Waals surface area contributed by atoms with Gasteiger partial charge in [0.2, 0.25) is 0 Å². The molecule has 0 saturated carbocycles. The average molecular weight is 189 g/mol. The molecule has 0 radical (unpaired) electrons. The van der Waals surface area contributed by atoms with Gasteiger partial charge in [0.25, 0.3) is 0 Å². The van der Waals surface area contributed by atoms with Crippen molar-refractivity contribution in [3.05, 3.63) is 29.8 Å². The third kappa shape index (κ3) is 1.41. The third-order valence-corrected chi connectivity index (χ3v) is 3.23. The van der Waals surface area contributed by atoms with Crippen LogP contribution in [0.4, 0.5) is 5.69 Å². The maximum Gasteiger partial charge on any atom is 0.0400 e. The molecule has 1 heterocycles. The summed E-state index contributed by atoms with van der Waals surface area (Å²) in [5.41, 5.74) is 3.29. The van der Waals surface area contributed by atoms with Crippen molar-refractivity contribution in [1.29, 1.82) is 0 Å². The maximum atomic E-state index is 2.37. The van der Waals surface area contributed by atoms with Crippen LogP contribution in [-0.4, -0.2) is 13.6 Å². The first-order chi connectivity index (χ1) is 6.50. The molecular weight excluding hydrogens is 170 g/mol. The van der Waals surface area contributed by atoms with Crippen LogP contribution in [0.5, 0.6) is 0 Å². The van der Waals surface area contributed by atoms with Crippen LogP contribution in [0.2, 0.25) is 0 Å². The zero-order valence-corrected chi connectivity index (χ0v) is 9.54. The summed E-state index contributed by atoms with van der Waals surface area (Å²) in [5, 5.41) is 0. The second-order valence-corrected chi connectivity index (χ2v) is 5.36. The number of hydrogen-bond acceptors (Lipinski definition) is 1. The van der Waals surface area contributed by atoms with Gasteiger partial charge in [0.05, 0.1) is 0 Å². The van der Waals surface area contributed by atoms with Crippen LogP contribution in [0, 0.1) is 5.41 Å². The van der Waals surface area contributed by atoms with Crippen molar-refractivity contribution in [2.75, 3.05) is 18.5 Å². The first-order valence-electron chi connectivity index (χ1n) is 5.30. The van der Waals surface area contributed by atoms with Gasteiger partial charge in [0.15, 0.2) is 0 Å². The zero-order chi connectivity index (χ0) is 10.3. The second-order valence-electron chi connectivity index (χ2n) is 5.36. The van der Waals surface area contributed by atoms with Gasteiger partial charge in [-0.05, 0) is 17.0 Å². The van der Waals surface area contributed by atoms with Gasteiger partial charge in [0.1, 0.15) is 0 Å². The topological polar surface area (TPSA) is 3.24 Å². The van der Waals surface area contributed by atoms with E-state index in [-0.39, 0.29) is 0 Å². The molecule has 1 atom stereocenters. The lowest BCUT2D eigenvalue weighted by Gasteiger charge is -2.27. The highest BCUT2D eigenvalue weighted by molar-refractivity contribution is 5.60. The Labute approximate surface area is 86.7 Å². The molecule has 1 aliphatic heterocycles. The Bertz CT molecular complexity index is 335. The molecule has 1 nitrogen and oxygen atoms in total. The lowest BCUT2D eigenvalue weighted by Crippen LogP contribution is -2.24. The normalized spacial score (nSPS) is 21.1. The number of rotatable bonds is 0. The Morgan fingerprint density at radius 1 is 1.21 bits per heavy atom. The average Bonchev–Trinajstić information content (AvgIpc) is 2.44. The van der Waals surface area contributed by atoms with E-state index in [0.29, 0.717) is 11.3 Å². The van der Waals surface area contributed by atoms with Crippen LogP contribution < -0.4 is 4.90 Å². The fourth-order valence-corrected chi connectivity index (χ4v) is 2.34. The predicted octanol–water partition coefficient (Wildman–Crippen LogP) is 3.27. The number of nitrogens with zero attached hydrogens (tertiary/aromatic N) is 1. The fourth-order valence-electron chi connectivity index (χ4n) is 2.34. The first-order valence-corrected chi connectivity index (χ1v) is 5.30. The number of fused-ring (bicyclic) bond motifs is 1. The molecule has 1 aromatic carbocycles. The van der Waals surface area contributed by atoms with E-state index < -0.39 is 0 Å². The van der Waals surface area contributed by atoms with Gasteiger partial charge in [-0.25, -0.2) is 0 Å². The summed E-state index contributed by atoms with van der Waals surface area (Å²) in [4.78, 5) is 2.37. The number of hydrogen-bond donors (Lipinski definition) is 0. The van der Waals surface area contributed by atoms with E-state index in [2.05, 4.69) is 57.0 Å². The molecule has 0 aromatic heterocycles. The van der Waals surface area contributed by atoms with E-state index in [1.165, 1.54) is 11.3 Å². The Morgan fingerprint density at radius 3 is 2.50 bits per heavy atom. The number of anilines is 1. The van der Waals surface area contributed by atoms with Gasteiger partial charge in [-0.15, -0.1) is 0 Å². The predicted molar refractivity (Wildman–Crippen MR) is 61.9 cm³/mol. The molecule has 1 heteroatoms. The largest absolute Gasteiger partial charge is 0.374 e. The van der Waals surface area contributed by atoms with Gasteiger partial charge in [-0.1, -0.05) is 39.0 Å². The van der Waals surface area contributed by atoms with Crippen LogP contribution in [0.3, 0.4) is 0 Å². The van der Waals surface area contributed by atoms with Gasteiger partial charge < -0.3 is 4.90 Å². The Hall–Kier alpha value is -0.980. The Morgan fingerprint density at radius 2 is 1.86 bits per heavy atom. The minimum atomic E-state index is 0.362. The standard InChI is InChI=1S/C13H19N/c1-13(2,3)11-9-14(4)12-8-6-5-7-10(11)12/h5-8,11H,9H2,1-4H3. The second kappa shape index (κ2) is 3.01. The van der Waals surface area contributed by atoms with Crippen molar-refractivity contribution < 1.29 is 0 Å². The number of para-hydroxylation sites is 1. The summed E-state index contributed by atoms with van der Waals surface area (Å²) < 4.78 is 0. The van der Waals surface area contributed by atoms with E-state index in [4.69, 9.17) is 0 Å². The third-order valence-electron chi connectivity index (χ3n) is 3.23. The van der Waals surface area contributed by atoms with Crippen molar-refractivity contribution in [2.24, 2.45) is 5.41 Å². The zero-order valence-electron chi connectivity index (χ0n) is 9.54. The minimum absolute atomic E-state index is 0.362. The maximum absolute atomic E-state index is 2.37. The number of likely N-dealkylation sites (N-methyl/N-ethyl adjacent to an activating group) is 1. The SMILES string of the molecule is CN1CC(C(C)(C)C)c2ccccc21. The highest BCUT2D eigenvalue weighted by Crippen LogP contribution is 2.44. The molecule has 0 saturated heterocycles. The Kier molecular flexibility index (Phi) is 2.06. The van der Waals surface area contributed by atoms with Crippen molar-refractivity contribution in [3.8, 4) is 0 Å². The van der Waals surface area contributed by atoms with Crippen LogP contribution in [0.25, 0.3) is 0 Å². The van der Waals surface area contributed by atoms with Crippen molar-refractivity contribution >= 4 is 5.69 Å². The van der Waals surface area contributed by atoms with E-state index in [1.807, 2.05) is 0 Å². The van der Waals surface area contributed by atoms with Crippen LogP contribution in [0.1, 0.15) is 32.3 Å². The van der Waals surface area contributed by atoms with E-state index in [1.54, 1.807) is 0 Å². The molecule has 0 bridgehead atoms. The van der Waals surface area contributed by atoms with Crippen molar-refractivity contribution in [2.45, 2.75) is 26.7 Å². The molecule has 0 aliphatic carbocycles. The molecule has 1 aliphatic rings. The van der Waals surface area contributed by atoms with Crippen LogP contribution in [0.15, 0.2) is 24.3 Å². The molecule has 1 aromatic rings. The quantitative estimate of drug-likeness (QED) is 0.605. The van der Waals surface area contributed by atoms with Crippen LogP contribution in [-0.2, 0) is 0 Å². The first kappa shape index (κ1) is 9.57. The van der Waals surface area contributed by atoms with E-state index >= 15 is 0 Å². The van der Waals surface area contributed by atoms with Gasteiger partial charge in [0, 0.05) is 25.2 Å². The molecule has 76 valence electrons. The number of benzene rings is 1.